The lowest BCUT2D eigenvalue weighted by atomic mass is 10.1. The van der Waals surface area contributed by atoms with Crippen LogP contribution in [0.1, 0.15) is 23.4 Å². The molecule has 0 bridgehead atoms. The summed E-state index contributed by atoms with van der Waals surface area (Å²) in [6.07, 6.45) is 1.16. The van der Waals surface area contributed by atoms with Gasteiger partial charge in [-0.25, -0.2) is 4.98 Å². The molecule has 4 nitrogen and oxygen atoms in total. The Balaban J connectivity index is 1.53. The standard InChI is InChI=1S/C18H18N2O2/c1-13-20-16-11-14(7-9-17(16)22-13)8-10-18(21)19-12-15-5-3-2-4-6-15/h2-7,9,11H,8,10,12H2,1H3,(H,19,21). The van der Waals surface area contributed by atoms with Crippen LogP contribution in [0.5, 0.6) is 0 Å². The van der Waals surface area contributed by atoms with E-state index >= 15 is 0 Å². The topological polar surface area (TPSA) is 55.1 Å². The molecule has 0 aliphatic carbocycles. The zero-order valence-electron chi connectivity index (χ0n) is 12.5. The smallest absolute Gasteiger partial charge is 0.220 e. The number of nitrogens with zero attached hydrogens (tertiary/aromatic N) is 1. The summed E-state index contributed by atoms with van der Waals surface area (Å²) in [5.74, 6) is 0.716. The first kappa shape index (κ1) is 14.3. The summed E-state index contributed by atoms with van der Waals surface area (Å²) in [5, 5.41) is 2.94. The minimum atomic E-state index is 0.0558. The number of rotatable bonds is 5. The van der Waals surface area contributed by atoms with Gasteiger partial charge in [-0.15, -0.1) is 0 Å². The van der Waals surface area contributed by atoms with E-state index in [1.165, 1.54) is 0 Å². The second kappa shape index (κ2) is 6.43. The molecule has 0 radical (unpaired) electrons. The van der Waals surface area contributed by atoms with Gasteiger partial charge < -0.3 is 9.73 Å². The maximum atomic E-state index is 11.9. The highest BCUT2D eigenvalue weighted by Gasteiger charge is 2.06. The molecule has 0 spiro atoms. The molecule has 4 heteroatoms. The number of oxazole rings is 1. The lowest BCUT2D eigenvalue weighted by Crippen LogP contribution is -2.22. The van der Waals surface area contributed by atoms with Gasteiger partial charge in [-0.2, -0.15) is 0 Å². The number of carbonyl (C=O) groups excluding carboxylic acids is 1. The van der Waals surface area contributed by atoms with Gasteiger partial charge in [0.15, 0.2) is 11.5 Å². The van der Waals surface area contributed by atoms with E-state index in [1.807, 2.05) is 55.5 Å². The fraction of sp³-hybridized carbons (Fsp3) is 0.222. The van der Waals surface area contributed by atoms with Gasteiger partial charge in [-0.1, -0.05) is 36.4 Å². The number of hydrogen-bond acceptors (Lipinski definition) is 3. The SMILES string of the molecule is Cc1nc2cc(CCC(=O)NCc3ccccc3)ccc2o1. The maximum absolute atomic E-state index is 11.9. The van der Waals surface area contributed by atoms with Crippen LogP contribution in [-0.4, -0.2) is 10.9 Å². The molecule has 0 atom stereocenters. The van der Waals surface area contributed by atoms with Gasteiger partial charge in [0.25, 0.3) is 0 Å². The number of benzene rings is 2. The molecule has 0 saturated carbocycles. The summed E-state index contributed by atoms with van der Waals surface area (Å²) >= 11 is 0. The van der Waals surface area contributed by atoms with Crippen molar-refractivity contribution in [3.63, 3.8) is 0 Å². The Morgan fingerprint density at radius 1 is 1.14 bits per heavy atom. The fourth-order valence-corrected chi connectivity index (χ4v) is 2.39. The lowest BCUT2D eigenvalue weighted by Gasteiger charge is -2.05. The molecule has 3 aromatic rings. The predicted molar refractivity (Wildman–Crippen MR) is 85.4 cm³/mol. The normalized spacial score (nSPS) is 10.8. The van der Waals surface area contributed by atoms with Gasteiger partial charge in [0.05, 0.1) is 0 Å². The molecule has 3 rings (SSSR count). The third kappa shape index (κ3) is 3.52. The van der Waals surface area contributed by atoms with Crippen molar-refractivity contribution in [1.82, 2.24) is 10.3 Å². The Bertz CT molecular complexity index is 778. The van der Waals surface area contributed by atoms with E-state index in [2.05, 4.69) is 10.3 Å². The quantitative estimate of drug-likeness (QED) is 0.784. The number of hydrogen-bond donors (Lipinski definition) is 1. The molecule has 0 fully saturated rings. The summed E-state index contributed by atoms with van der Waals surface area (Å²) in [5.41, 5.74) is 3.83. The second-order valence-electron chi connectivity index (χ2n) is 5.30. The zero-order chi connectivity index (χ0) is 15.4. The van der Waals surface area contributed by atoms with Crippen molar-refractivity contribution < 1.29 is 9.21 Å². The molecule has 1 heterocycles. The maximum Gasteiger partial charge on any atom is 0.220 e. The third-order valence-corrected chi connectivity index (χ3v) is 3.53. The van der Waals surface area contributed by atoms with Gasteiger partial charge >= 0.3 is 0 Å². The molecule has 0 aliphatic rings. The van der Waals surface area contributed by atoms with Crippen LogP contribution in [0.3, 0.4) is 0 Å². The van der Waals surface area contributed by atoms with Crippen LogP contribution < -0.4 is 5.32 Å². The van der Waals surface area contributed by atoms with Gasteiger partial charge in [0.2, 0.25) is 5.91 Å². The van der Waals surface area contributed by atoms with Crippen LogP contribution >= 0.6 is 0 Å². The highest BCUT2D eigenvalue weighted by atomic mass is 16.3. The number of aromatic nitrogens is 1. The van der Waals surface area contributed by atoms with Crippen molar-refractivity contribution in [1.29, 1.82) is 0 Å². The minimum absolute atomic E-state index is 0.0558. The number of carbonyl (C=O) groups is 1. The first-order valence-electron chi connectivity index (χ1n) is 7.37. The van der Waals surface area contributed by atoms with Crippen LogP contribution in [0.4, 0.5) is 0 Å². The molecule has 22 heavy (non-hydrogen) atoms. The van der Waals surface area contributed by atoms with E-state index in [0.29, 0.717) is 25.3 Å². The minimum Gasteiger partial charge on any atom is -0.441 e. The highest BCUT2D eigenvalue weighted by Crippen LogP contribution is 2.17. The van der Waals surface area contributed by atoms with Crippen LogP contribution in [0.2, 0.25) is 0 Å². The number of fused-ring (bicyclic) bond motifs is 1. The second-order valence-corrected chi connectivity index (χ2v) is 5.30. The van der Waals surface area contributed by atoms with Gasteiger partial charge in [0, 0.05) is 19.9 Å². The van der Waals surface area contributed by atoms with Gasteiger partial charge in [0.1, 0.15) is 5.52 Å². The van der Waals surface area contributed by atoms with Crippen LogP contribution in [0.25, 0.3) is 11.1 Å². The van der Waals surface area contributed by atoms with E-state index < -0.39 is 0 Å². The van der Waals surface area contributed by atoms with Crippen LogP contribution in [0.15, 0.2) is 52.9 Å². The molecule has 0 unspecified atom stereocenters. The molecular formula is C18H18N2O2. The van der Waals surface area contributed by atoms with Crippen molar-refractivity contribution in [3.05, 3.63) is 65.5 Å². The summed E-state index contributed by atoms with van der Waals surface area (Å²) in [4.78, 5) is 16.2. The average molecular weight is 294 g/mol. The Hall–Kier alpha value is -2.62. The number of nitrogens with one attached hydrogen (secondary N) is 1. The predicted octanol–water partition coefficient (Wildman–Crippen LogP) is 3.39. The monoisotopic (exact) mass is 294 g/mol. The van der Waals surface area contributed by atoms with E-state index in [1.54, 1.807) is 0 Å². The van der Waals surface area contributed by atoms with E-state index in [4.69, 9.17) is 4.42 Å². The van der Waals surface area contributed by atoms with Crippen molar-refractivity contribution in [2.45, 2.75) is 26.3 Å². The van der Waals surface area contributed by atoms with Crippen LogP contribution in [-0.2, 0) is 17.8 Å². The molecule has 0 saturated heterocycles. The first-order valence-corrected chi connectivity index (χ1v) is 7.37. The molecule has 1 amide bonds. The lowest BCUT2D eigenvalue weighted by molar-refractivity contribution is -0.121. The molecule has 2 aromatic carbocycles. The van der Waals surface area contributed by atoms with E-state index in [-0.39, 0.29) is 5.91 Å². The van der Waals surface area contributed by atoms with E-state index in [0.717, 1.165) is 22.2 Å². The van der Waals surface area contributed by atoms with Crippen molar-refractivity contribution in [3.8, 4) is 0 Å². The first-order chi connectivity index (χ1) is 10.7. The molecule has 0 aliphatic heterocycles. The average Bonchev–Trinajstić information content (AvgIpc) is 2.91. The summed E-state index contributed by atoms with van der Waals surface area (Å²) < 4.78 is 5.45. The summed E-state index contributed by atoms with van der Waals surface area (Å²) in [6.45, 7) is 2.40. The Morgan fingerprint density at radius 2 is 1.95 bits per heavy atom. The number of amides is 1. The Labute approximate surface area is 129 Å². The third-order valence-electron chi connectivity index (χ3n) is 3.53. The zero-order valence-corrected chi connectivity index (χ0v) is 12.5. The fourth-order valence-electron chi connectivity index (χ4n) is 2.39. The Kier molecular flexibility index (Phi) is 4.19. The van der Waals surface area contributed by atoms with Crippen molar-refractivity contribution in [2.24, 2.45) is 0 Å². The van der Waals surface area contributed by atoms with Crippen molar-refractivity contribution in [2.75, 3.05) is 0 Å². The highest BCUT2D eigenvalue weighted by molar-refractivity contribution is 5.77. The number of aryl methyl sites for hydroxylation is 2. The Morgan fingerprint density at radius 3 is 2.77 bits per heavy atom. The molecule has 112 valence electrons. The van der Waals surface area contributed by atoms with Gasteiger partial charge in [-0.05, 0) is 29.7 Å². The summed E-state index contributed by atoms with van der Waals surface area (Å²) in [6, 6.07) is 15.8. The molecule has 1 aromatic heterocycles. The van der Waals surface area contributed by atoms with E-state index in [9.17, 15) is 4.79 Å². The summed E-state index contributed by atoms with van der Waals surface area (Å²) in [7, 11) is 0. The molecular weight excluding hydrogens is 276 g/mol. The molecule has 1 N–H and O–H groups in total. The van der Waals surface area contributed by atoms with Gasteiger partial charge in [-0.3, -0.25) is 4.79 Å². The van der Waals surface area contributed by atoms with Crippen molar-refractivity contribution >= 4 is 17.0 Å². The largest absolute Gasteiger partial charge is 0.441 e. The van der Waals surface area contributed by atoms with Crippen LogP contribution in [0, 0.1) is 6.92 Å².